The molecule has 0 N–H and O–H groups in total. The van der Waals surface area contributed by atoms with Crippen LogP contribution >= 0.6 is 0 Å². The van der Waals surface area contributed by atoms with Gasteiger partial charge in [-0.2, -0.15) is 0 Å². The third kappa shape index (κ3) is 4.12. The Morgan fingerprint density at radius 1 is 0.793 bits per heavy atom. The molecule has 154 valence electrons. The van der Waals surface area contributed by atoms with Crippen molar-refractivity contribution in [3.8, 4) is 11.1 Å². The number of hydrogen-bond acceptors (Lipinski definition) is 0. The van der Waals surface area contributed by atoms with E-state index in [-0.39, 0.29) is 11.1 Å². The van der Waals surface area contributed by atoms with Gasteiger partial charge in [0.2, 0.25) is 0 Å². The Balaban J connectivity index is 1.51. The molecule has 0 aliphatic heterocycles. The van der Waals surface area contributed by atoms with Gasteiger partial charge in [0.25, 0.3) is 0 Å². The van der Waals surface area contributed by atoms with Gasteiger partial charge in [0.05, 0.1) is 0 Å². The number of benzene rings is 2. The molecule has 4 heteroatoms. The lowest BCUT2D eigenvalue weighted by molar-refractivity contribution is 0.133. The fourth-order valence-electron chi connectivity index (χ4n) is 5.41. The molecule has 0 heterocycles. The van der Waals surface area contributed by atoms with Crippen LogP contribution in [0.4, 0.5) is 17.6 Å². The van der Waals surface area contributed by atoms with Crippen LogP contribution in [0.5, 0.6) is 0 Å². The lowest BCUT2D eigenvalue weighted by Gasteiger charge is -2.41. The van der Waals surface area contributed by atoms with Crippen molar-refractivity contribution < 1.29 is 17.6 Å². The first kappa shape index (κ1) is 20.2. The van der Waals surface area contributed by atoms with Gasteiger partial charge < -0.3 is 0 Å². The van der Waals surface area contributed by atoms with Gasteiger partial charge in [0.1, 0.15) is 5.82 Å². The predicted molar refractivity (Wildman–Crippen MR) is 107 cm³/mol. The fraction of sp³-hybridized carbons (Fsp3) is 0.440. The minimum Gasteiger partial charge on any atom is -0.206 e. The molecule has 4 unspecified atom stereocenters. The van der Waals surface area contributed by atoms with E-state index in [9.17, 15) is 17.6 Å². The molecular formula is C25H26F4. The van der Waals surface area contributed by atoms with Crippen LogP contribution in [0.25, 0.3) is 11.1 Å². The molecule has 0 aromatic heterocycles. The van der Waals surface area contributed by atoms with E-state index >= 15 is 0 Å². The third-order valence-corrected chi connectivity index (χ3v) is 6.88. The fourth-order valence-corrected chi connectivity index (χ4v) is 5.41. The van der Waals surface area contributed by atoms with Crippen LogP contribution < -0.4 is 0 Å². The molecule has 0 spiro atoms. The summed E-state index contributed by atoms with van der Waals surface area (Å²) in [6.45, 7) is 2.08. The van der Waals surface area contributed by atoms with Crippen molar-refractivity contribution in [3.63, 3.8) is 0 Å². The normalized spacial score (nSPS) is 27.2. The van der Waals surface area contributed by atoms with Crippen LogP contribution in [-0.4, -0.2) is 0 Å². The van der Waals surface area contributed by atoms with Crippen molar-refractivity contribution in [2.24, 2.45) is 17.8 Å². The Bertz CT molecular complexity index is 894. The van der Waals surface area contributed by atoms with Gasteiger partial charge in [-0.3, -0.25) is 0 Å². The number of halogens is 4. The van der Waals surface area contributed by atoms with Crippen LogP contribution in [0.15, 0.2) is 42.5 Å². The average molecular weight is 402 g/mol. The largest absolute Gasteiger partial charge is 0.206 e. The average Bonchev–Trinajstić information content (AvgIpc) is 2.71. The van der Waals surface area contributed by atoms with E-state index in [0.717, 1.165) is 36.5 Å². The van der Waals surface area contributed by atoms with Crippen LogP contribution in [0, 0.1) is 41.0 Å². The SMILES string of the molecule is C/C=C/C1CCC2CC(c3ccc(-c4cc(F)c(F)c(F)c4)c(F)c3)CCC2C1. The molecule has 2 aliphatic carbocycles. The molecule has 2 aromatic carbocycles. The third-order valence-electron chi connectivity index (χ3n) is 6.88. The Hall–Kier alpha value is -2.10. The maximum Gasteiger partial charge on any atom is 0.194 e. The van der Waals surface area contributed by atoms with Gasteiger partial charge in [-0.05, 0) is 98.4 Å². The highest BCUT2D eigenvalue weighted by Crippen LogP contribution is 2.48. The minimum atomic E-state index is -1.54. The highest BCUT2D eigenvalue weighted by atomic mass is 19.2. The van der Waals surface area contributed by atoms with Gasteiger partial charge in [-0.15, -0.1) is 0 Å². The van der Waals surface area contributed by atoms with Crippen molar-refractivity contribution in [1.29, 1.82) is 0 Å². The first-order chi connectivity index (χ1) is 14.0. The zero-order chi connectivity index (χ0) is 20.5. The number of fused-ring (bicyclic) bond motifs is 1. The summed E-state index contributed by atoms with van der Waals surface area (Å²) in [4.78, 5) is 0. The van der Waals surface area contributed by atoms with Gasteiger partial charge >= 0.3 is 0 Å². The molecule has 4 atom stereocenters. The van der Waals surface area contributed by atoms with Crippen molar-refractivity contribution in [3.05, 3.63) is 71.3 Å². The van der Waals surface area contributed by atoms with Gasteiger partial charge in [0.15, 0.2) is 17.5 Å². The molecular weight excluding hydrogens is 376 g/mol. The molecule has 0 amide bonds. The molecule has 29 heavy (non-hydrogen) atoms. The zero-order valence-electron chi connectivity index (χ0n) is 16.6. The van der Waals surface area contributed by atoms with Crippen molar-refractivity contribution in [1.82, 2.24) is 0 Å². The number of allylic oxidation sites excluding steroid dienone is 2. The molecule has 0 nitrogen and oxygen atoms in total. The standard InChI is InChI=1S/C25H26F4/c1-2-3-15-4-5-17-11-18(7-6-16(17)10-15)19-8-9-21(22(26)12-19)20-13-23(27)25(29)24(28)14-20/h2-3,8-9,12-18H,4-7,10-11H2,1H3/b3-2+. The summed E-state index contributed by atoms with van der Waals surface area (Å²) in [6, 6.07) is 6.58. The topological polar surface area (TPSA) is 0 Å². The van der Waals surface area contributed by atoms with E-state index in [2.05, 4.69) is 19.1 Å². The summed E-state index contributed by atoms with van der Waals surface area (Å²) in [5.74, 6) is -2.20. The van der Waals surface area contributed by atoms with E-state index in [1.54, 1.807) is 6.07 Å². The molecule has 4 rings (SSSR count). The van der Waals surface area contributed by atoms with Crippen molar-refractivity contribution in [2.75, 3.05) is 0 Å². The summed E-state index contributed by atoms with van der Waals surface area (Å²) in [6.07, 6.45) is 11.5. The van der Waals surface area contributed by atoms with Crippen LogP contribution in [0.3, 0.4) is 0 Å². The molecule has 2 aliphatic rings. The maximum absolute atomic E-state index is 14.8. The number of rotatable bonds is 3. The second kappa shape index (κ2) is 8.33. The molecule has 2 saturated carbocycles. The highest BCUT2D eigenvalue weighted by molar-refractivity contribution is 5.65. The van der Waals surface area contributed by atoms with Crippen molar-refractivity contribution >= 4 is 0 Å². The molecule has 0 bridgehead atoms. The van der Waals surface area contributed by atoms with Crippen molar-refractivity contribution in [2.45, 2.75) is 51.4 Å². The second-order valence-corrected chi connectivity index (χ2v) is 8.62. The summed E-state index contributed by atoms with van der Waals surface area (Å²) in [5.41, 5.74) is 1.05. The Labute approximate surface area is 169 Å². The Morgan fingerprint density at radius 2 is 1.48 bits per heavy atom. The first-order valence-corrected chi connectivity index (χ1v) is 10.5. The Kier molecular flexibility index (Phi) is 5.80. The summed E-state index contributed by atoms with van der Waals surface area (Å²) >= 11 is 0. The predicted octanol–water partition coefficient (Wildman–Crippen LogP) is 7.79. The summed E-state index contributed by atoms with van der Waals surface area (Å²) in [5, 5.41) is 0. The molecule has 2 aromatic rings. The number of hydrogen-bond donors (Lipinski definition) is 0. The van der Waals surface area contributed by atoms with E-state index in [1.807, 2.05) is 6.07 Å². The quantitative estimate of drug-likeness (QED) is 0.279. The van der Waals surface area contributed by atoms with E-state index in [4.69, 9.17) is 0 Å². The van der Waals surface area contributed by atoms with Gasteiger partial charge in [-0.25, -0.2) is 17.6 Å². The minimum absolute atomic E-state index is 0.0106. The highest BCUT2D eigenvalue weighted by Gasteiger charge is 2.35. The lowest BCUT2D eigenvalue weighted by Crippen LogP contribution is -2.30. The Morgan fingerprint density at radius 3 is 2.17 bits per heavy atom. The summed E-state index contributed by atoms with van der Waals surface area (Å²) < 4.78 is 55.0. The van der Waals surface area contributed by atoms with Gasteiger partial charge in [-0.1, -0.05) is 24.3 Å². The van der Waals surface area contributed by atoms with Crippen LogP contribution in [-0.2, 0) is 0 Å². The molecule has 2 fully saturated rings. The van der Waals surface area contributed by atoms with Crippen LogP contribution in [0.2, 0.25) is 0 Å². The van der Waals surface area contributed by atoms with E-state index < -0.39 is 23.3 Å². The summed E-state index contributed by atoms with van der Waals surface area (Å²) in [7, 11) is 0. The van der Waals surface area contributed by atoms with E-state index in [1.165, 1.54) is 31.7 Å². The smallest absolute Gasteiger partial charge is 0.194 e. The first-order valence-electron chi connectivity index (χ1n) is 10.5. The second-order valence-electron chi connectivity index (χ2n) is 8.62. The monoisotopic (exact) mass is 402 g/mol. The zero-order valence-corrected chi connectivity index (χ0v) is 16.6. The maximum atomic E-state index is 14.8. The lowest BCUT2D eigenvalue weighted by atomic mass is 9.64. The van der Waals surface area contributed by atoms with Crippen LogP contribution in [0.1, 0.15) is 56.9 Å². The molecule has 0 radical (unpaired) electrons. The van der Waals surface area contributed by atoms with Gasteiger partial charge in [0, 0.05) is 5.56 Å². The molecule has 0 saturated heterocycles. The van der Waals surface area contributed by atoms with E-state index in [0.29, 0.717) is 17.8 Å².